The van der Waals surface area contributed by atoms with Gasteiger partial charge in [-0.05, 0) is 33.4 Å². The Balaban J connectivity index is 2.79. The van der Waals surface area contributed by atoms with E-state index in [1.54, 1.807) is 0 Å². The number of aromatic nitrogens is 1. The van der Waals surface area contributed by atoms with Gasteiger partial charge in [0.2, 0.25) is 11.8 Å². The molecule has 1 unspecified atom stereocenters. The standard InChI is InChI=1S/C15H27N3O2/c1-6-9-10-13(18(7-2)8-3)14(19)16-15-11(4)12(5)17-20-15/h13H,6-10H2,1-5H3,(H,16,19). The number of likely N-dealkylation sites (N-methyl/N-ethyl adjacent to an activating group) is 1. The highest BCUT2D eigenvalue weighted by atomic mass is 16.5. The Morgan fingerprint density at radius 1 is 1.30 bits per heavy atom. The van der Waals surface area contributed by atoms with Crippen LogP contribution in [-0.4, -0.2) is 35.1 Å². The highest BCUT2D eigenvalue weighted by Crippen LogP contribution is 2.19. The number of anilines is 1. The molecule has 1 N–H and O–H groups in total. The first-order valence-electron chi connectivity index (χ1n) is 7.52. The van der Waals surface area contributed by atoms with Gasteiger partial charge >= 0.3 is 0 Å². The summed E-state index contributed by atoms with van der Waals surface area (Å²) in [5.74, 6) is 0.475. The van der Waals surface area contributed by atoms with Crippen LogP contribution in [0.25, 0.3) is 0 Å². The van der Waals surface area contributed by atoms with E-state index in [1.807, 2.05) is 13.8 Å². The van der Waals surface area contributed by atoms with Crippen LogP contribution >= 0.6 is 0 Å². The van der Waals surface area contributed by atoms with E-state index in [4.69, 9.17) is 4.52 Å². The summed E-state index contributed by atoms with van der Waals surface area (Å²) in [5, 5.41) is 6.75. The summed E-state index contributed by atoms with van der Waals surface area (Å²) in [6, 6.07) is -0.102. The lowest BCUT2D eigenvalue weighted by atomic mass is 10.1. The Labute approximate surface area is 121 Å². The Hall–Kier alpha value is -1.36. The molecule has 0 aliphatic heterocycles. The van der Waals surface area contributed by atoms with E-state index >= 15 is 0 Å². The zero-order valence-electron chi connectivity index (χ0n) is 13.3. The Kier molecular flexibility index (Phi) is 6.71. The van der Waals surface area contributed by atoms with E-state index in [1.165, 1.54) is 0 Å². The first-order valence-corrected chi connectivity index (χ1v) is 7.52. The van der Waals surface area contributed by atoms with Crippen LogP contribution in [0, 0.1) is 13.8 Å². The lowest BCUT2D eigenvalue weighted by molar-refractivity contribution is -0.121. The summed E-state index contributed by atoms with van der Waals surface area (Å²) in [6.45, 7) is 11.8. The minimum atomic E-state index is -0.102. The van der Waals surface area contributed by atoms with Gasteiger partial charge in [0.25, 0.3) is 0 Å². The van der Waals surface area contributed by atoms with Gasteiger partial charge in [-0.1, -0.05) is 38.8 Å². The molecular formula is C15H27N3O2. The number of rotatable bonds is 8. The fraction of sp³-hybridized carbons (Fsp3) is 0.733. The van der Waals surface area contributed by atoms with Gasteiger partial charge in [0.1, 0.15) is 0 Å². The van der Waals surface area contributed by atoms with Crippen LogP contribution in [0.1, 0.15) is 51.3 Å². The second-order valence-corrected chi connectivity index (χ2v) is 5.09. The zero-order valence-corrected chi connectivity index (χ0v) is 13.3. The third-order valence-electron chi connectivity index (χ3n) is 3.78. The molecule has 0 radical (unpaired) electrons. The maximum absolute atomic E-state index is 12.5. The minimum Gasteiger partial charge on any atom is -0.338 e. The molecular weight excluding hydrogens is 254 g/mol. The second kappa shape index (κ2) is 8.04. The molecule has 0 aromatic carbocycles. The molecule has 1 aromatic rings. The van der Waals surface area contributed by atoms with E-state index in [0.717, 1.165) is 43.6 Å². The summed E-state index contributed by atoms with van der Waals surface area (Å²) < 4.78 is 5.17. The number of hydrogen-bond acceptors (Lipinski definition) is 4. The summed E-state index contributed by atoms with van der Waals surface area (Å²) in [7, 11) is 0. The van der Waals surface area contributed by atoms with Crippen molar-refractivity contribution in [2.75, 3.05) is 18.4 Å². The highest BCUT2D eigenvalue weighted by molar-refractivity contribution is 5.94. The van der Waals surface area contributed by atoms with E-state index < -0.39 is 0 Å². The van der Waals surface area contributed by atoms with Crippen molar-refractivity contribution in [3.05, 3.63) is 11.3 Å². The Morgan fingerprint density at radius 3 is 2.40 bits per heavy atom. The Morgan fingerprint density at radius 2 is 1.95 bits per heavy atom. The van der Waals surface area contributed by atoms with Crippen LogP contribution in [0.5, 0.6) is 0 Å². The van der Waals surface area contributed by atoms with Crippen LogP contribution < -0.4 is 5.32 Å². The predicted molar refractivity (Wildman–Crippen MR) is 80.8 cm³/mol. The van der Waals surface area contributed by atoms with Crippen molar-refractivity contribution in [3.63, 3.8) is 0 Å². The molecule has 114 valence electrons. The van der Waals surface area contributed by atoms with E-state index in [2.05, 4.69) is 36.1 Å². The van der Waals surface area contributed by atoms with Crippen LogP contribution in [0.15, 0.2) is 4.52 Å². The lowest BCUT2D eigenvalue weighted by Gasteiger charge is -2.28. The second-order valence-electron chi connectivity index (χ2n) is 5.09. The predicted octanol–water partition coefficient (Wildman–Crippen LogP) is 3.13. The normalized spacial score (nSPS) is 12.7. The number of hydrogen-bond donors (Lipinski definition) is 1. The summed E-state index contributed by atoms with van der Waals surface area (Å²) in [6.07, 6.45) is 3.00. The molecule has 5 nitrogen and oxygen atoms in total. The molecule has 0 spiro atoms. The summed E-state index contributed by atoms with van der Waals surface area (Å²) in [5.41, 5.74) is 1.71. The van der Waals surface area contributed by atoms with Gasteiger partial charge in [-0.25, -0.2) is 0 Å². The molecule has 0 saturated carbocycles. The van der Waals surface area contributed by atoms with Crippen LogP contribution in [0.3, 0.4) is 0 Å². The maximum atomic E-state index is 12.5. The van der Waals surface area contributed by atoms with Crippen molar-refractivity contribution in [2.24, 2.45) is 0 Å². The zero-order chi connectivity index (χ0) is 15.1. The first-order chi connectivity index (χ1) is 9.54. The molecule has 1 aromatic heterocycles. The quantitative estimate of drug-likeness (QED) is 0.795. The summed E-state index contributed by atoms with van der Waals surface area (Å²) >= 11 is 0. The average Bonchev–Trinajstić information content (AvgIpc) is 2.75. The molecule has 1 atom stereocenters. The highest BCUT2D eigenvalue weighted by Gasteiger charge is 2.25. The summed E-state index contributed by atoms with van der Waals surface area (Å²) in [4.78, 5) is 14.7. The van der Waals surface area contributed by atoms with E-state index in [0.29, 0.717) is 5.88 Å². The molecule has 0 aliphatic carbocycles. The largest absolute Gasteiger partial charge is 0.338 e. The van der Waals surface area contributed by atoms with Crippen molar-refractivity contribution in [2.45, 2.75) is 59.9 Å². The van der Waals surface area contributed by atoms with Crippen LogP contribution in [0.2, 0.25) is 0 Å². The number of nitrogens with zero attached hydrogens (tertiary/aromatic N) is 2. The topological polar surface area (TPSA) is 58.4 Å². The van der Waals surface area contributed by atoms with Crippen LogP contribution in [0.4, 0.5) is 5.88 Å². The average molecular weight is 281 g/mol. The molecule has 0 saturated heterocycles. The van der Waals surface area contributed by atoms with Crippen LogP contribution in [-0.2, 0) is 4.79 Å². The molecule has 0 fully saturated rings. The van der Waals surface area contributed by atoms with Gasteiger partial charge in [-0.3, -0.25) is 15.0 Å². The van der Waals surface area contributed by atoms with Crippen molar-refractivity contribution in [3.8, 4) is 0 Å². The van der Waals surface area contributed by atoms with Crippen molar-refractivity contribution >= 4 is 11.8 Å². The molecule has 20 heavy (non-hydrogen) atoms. The van der Waals surface area contributed by atoms with Gasteiger partial charge in [-0.15, -0.1) is 0 Å². The molecule has 0 aliphatic rings. The first kappa shape index (κ1) is 16.7. The monoisotopic (exact) mass is 281 g/mol. The number of aryl methyl sites for hydroxylation is 1. The number of amides is 1. The number of carbonyl (C=O) groups excluding carboxylic acids is 1. The third-order valence-corrected chi connectivity index (χ3v) is 3.78. The van der Waals surface area contributed by atoms with Gasteiger partial charge in [0.05, 0.1) is 11.7 Å². The number of nitrogens with one attached hydrogen (secondary N) is 1. The van der Waals surface area contributed by atoms with Gasteiger partial charge in [0, 0.05) is 5.56 Å². The third kappa shape index (κ3) is 4.07. The number of unbranched alkanes of at least 4 members (excludes halogenated alkanes) is 1. The smallest absolute Gasteiger partial charge is 0.244 e. The molecule has 0 bridgehead atoms. The molecule has 1 heterocycles. The SMILES string of the molecule is CCCCC(C(=O)Nc1onc(C)c1C)N(CC)CC. The van der Waals surface area contributed by atoms with Crippen molar-refractivity contribution in [1.82, 2.24) is 10.1 Å². The van der Waals surface area contributed by atoms with Crippen molar-refractivity contribution < 1.29 is 9.32 Å². The number of carbonyl (C=O) groups is 1. The van der Waals surface area contributed by atoms with Gasteiger partial charge in [0.15, 0.2) is 0 Å². The van der Waals surface area contributed by atoms with E-state index in [9.17, 15) is 4.79 Å². The minimum absolute atomic E-state index is 0.00130. The van der Waals surface area contributed by atoms with Crippen molar-refractivity contribution in [1.29, 1.82) is 0 Å². The lowest BCUT2D eigenvalue weighted by Crippen LogP contribution is -2.44. The Bertz CT molecular complexity index is 425. The maximum Gasteiger partial charge on any atom is 0.244 e. The van der Waals surface area contributed by atoms with Gasteiger partial charge in [-0.2, -0.15) is 0 Å². The fourth-order valence-electron chi connectivity index (χ4n) is 2.27. The van der Waals surface area contributed by atoms with E-state index in [-0.39, 0.29) is 11.9 Å². The molecule has 1 amide bonds. The van der Waals surface area contributed by atoms with Gasteiger partial charge < -0.3 is 4.52 Å². The fourth-order valence-corrected chi connectivity index (χ4v) is 2.27. The molecule has 1 rings (SSSR count). The molecule has 5 heteroatoms.